The molecule has 2 saturated heterocycles. The molecule has 17 unspecified atom stereocenters. The second kappa shape index (κ2) is 17.1. The van der Waals surface area contributed by atoms with Crippen LogP contribution in [0.25, 0.3) is 0 Å². The number of hydrogen-bond acceptors (Lipinski definition) is 11. The summed E-state index contributed by atoms with van der Waals surface area (Å²) in [6, 6.07) is 0. The standard InChI is InChI=1S/C41H72N4O7/c1-23(46)50-22-32-30-7-8-31-37-27(14-28(47)16-35(37)49-4)18-41(12-11-24(17-41)13-25-5-10-36(42)45-19-25)38(31)40(30)52-39(32)26-6-9-33(48)34(15-26)51-29(20-43-2)21-44-3/h24-40,43-45,47-48H,5-22,42H2,1-4H3. The first kappa shape index (κ1) is 39.3. The number of carbonyl (C=O) groups excluding carboxylic acids is 1. The zero-order chi connectivity index (χ0) is 36.6. The van der Waals surface area contributed by atoms with E-state index < -0.39 is 6.10 Å². The lowest BCUT2D eigenvalue weighted by molar-refractivity contribution is -0.192. The lowest BCUT2D eigenvalue weighted by Crippen LogP contribution is -2.59. The summed E-state index contributed by atoms with van der Waals surface area (Å²) in [5.41, 5.74) is 6.39. The van der Waals surface area contributed by atoms with Gasteiger partial charge in [0.25, 0.3) is 0 Å². The summed E-state index contributed by atoms with van der Waals surface area (Å²) in [6.07, 6.45) is 13.9. The van der Waals surface area contributed by atoms with Gasteiger partial charge in [-0.05, 0) is 163 Å². The van der Waals surface area contributed by atoms with Crippen LogP contribution < -0.4 is 21.7 Å². The van der Waals surface area contributed by atoms with Gasteiger partial charge in [-0.3, -0.25) is 4.79 Å². The van der Waals surface area contributed by atoms with Crippen LogP contribution in [0, 0.1) is 58.7 Å². The number of aliphatic hydroxyl groups excluding tert-OH is 2. The fourth-order valence-electron chi connectivity index (χ4n) is 13.7. The Morgan fingerprint density at radius 1 is 0.923 bits per heavy atom. The van der Waals surface area contributed by atoms with E-state index in [-0.39, 0.29) is 66.0 Å². The number of methoxy groups -OCH3 is 1. The van der Waals surface area contributed by atoms with Crippen molar-refractivity contribution in [1.29, 1.82) is 0 Å². The number of likely N-dealkylation sites (N-methyl/N-ethyl adjacent to an activating group) is 2. The summed E-state index contributed by atoms with van der Waals surface area (Å²) >= 11 is 0. The zero-order valence-corrected chi connectivity index (χ0v) is 32.6. The highest BCUT2D eigenvalue weighted by molar-refractivity contribution is 5.65. The number of rotatable bonds is 12. The Morgan fingerprint density at radius 3 is 2.42 bits per heavy atom. The Kier molecular flexibility index (Phi) is 12.9. The average molecular weight is 733 g/mol. The van der Waals surface area contributed by atoms with E-state index >= 15 is 0 Å². The summed E-state index contributed by atoms with van der Waals surface area (Å²) in [4.78, 5) is 12.3. The van der Waals surface area contributed by atoms with Gasteiger partial charge in [0.2, 0.25) is 0 Å². The Hall–Kier alpha value is -0.890. The molecule has 17 atom stereocenters. The Labute approximate surface area is 312 Å². The molecule has 11 heteroatoms. The quantitative estimate of drug-likeness (QED) is 0.164. The Morgan fingerprint density at radius 2 is 1.71 bits per heavy atom. The summed E-state index contributed by atoms with van der Waals surface area (Å²) in [5.74, 6) is 3.75. The molecule has 0 aromatic heterocycles. The van der Waals surface area contributed by atoms with Crippen molar-refractivity contribution in [3.63, 3.8) is 0 Å². The van der Waals surface area contributed by atoms with Crippen molar-refractivity contribution in [2.45, 2.75) is 146 Å². The van der Waals surface area contributed by atoms with E-state index in [0.29, 0.717) is 67.5 Å². The topological polar surface area (TPSA) is 157 Å². The molecule has 7 aliphatic rings. The monoisotopic (exact) mass is 733 g/mol. The summed E-state index contributed by atoms with van der Waals surface area (Å²) < 4.78 is 26.3. The normalized spacial score (nSPS) is 47.6. The molecule has 0 radical (unpaired) electrons. The largest absolute Gasteiger partial charge is 0.465 e. The molecule has 0 bridgehead atoms. The summed E-state index contributed by atoms with van der Waals surface area (Å²) in [5, 5.41) is 32.3. The molecule has 1 spiro atoms. The van der Waals surface area contributed by atoms with Crippen molar-refractivity contribution in [3.8, 4) is 0 Å². The Bertz CT molecular complexity index is 1170. The lowest BCUT2D eigenvalue weighted by Gasteiger charge is -2.61. The van der Waals surface area contributed by atoms with Crippen molar-refractivity contribution < 1.29 is 34.0 Å². The maximum atomic E-state index is 12.3. The molecule has 52 heavy (non-hydrogen) atoms. The molecule has 298 valence electrons. The third kappa shape index (κ3) is 8.15. The number of hydrogen-bond donors (Lipinski definition) is 6. The van der Waals surface area contributed by atoms with E-state index in [9.17, 15) is 15.0 Å². The smallest absolute Gasteiger partial charge is 0.302 e. The number of esters is 1. The van der Waals surface area contributed by atoms with Gasteiger partial charge in [0, 0.05) is 33.0 Å². The van der Waals surface area contributed by atoms with Gasteiger partial charge in [0.15, 0.2) is 0 Å². The molecular weight excluding hydrogens is 660 g/mol. The average Bonchev–Trinajstić information content (AvgIpc) is 3.69. The number of nitrogens with one attached hydrogen (secondary N) is 3. The van der Waals surface area contributed by atoms with Crippen LogP contribution in [0.4, 0.5) is 0 Å². The number of aliphatic hydroxyl groups is 2. The predicted octanol–water partition coefficient (Wildman–Crippen LogP) is 3.20. The fraction of sp³-hybridized carbons (Fsp3) is 0.976. The SMILES string of the molecule is CNCC(CNC)OC1CC(C2OC3C(CCC4C5C(CC(O)CC5OC)CC5(CCC(CC6CCC(N)NC6)C5)C43)C2COC(C)=O)CCC1O. The van der Waals surface area contributed by atoms with Crippen molar-refractivity contribution in [3.05, 3.63) is 0 Å². The van der Waals surface area contributed by atoms with Crippen molar-refractivity contribution in [2.75, 3.05) is 47.4 Å². The maximum absolute atomic E-state index is 12.3. The van der Waals surface area contributed by atoms with Crippen LogP contribution in [-0.4, -0.2) is 113 Å². The molecular formula is C41H72N4O7. The minimum Gasteiger partial charge on any atom is -0.465 e. The van der Waals surface area contributed by atoms with E-state index in [4.69, 9.17) is 24.7 Å². The summed E-state index contributed by atoms with van der Waals surface area (Å²) in [6.45, 7) is 4.38. The first-order chi connectivity index (χ1) is 25.1. The second-order valence-electron chi connectivity index (χ2n) is 18.6. The zero-order valence-electron chi connectivity index (χ0n) is 32.6. The molecule has 7 rings (SSSR count). The molecule has 5 saturated carbocycles. The van der Waals surface area contributed by atoms with Crippen LogP contribution in [0.1, 0.15) is 96.8 Å². The van der Waals surface area contributed by atoms with E-state index in [0.717, 1.165) is 57.9 Å². The van der Waals surface area contributed by atoms with Gasteiger partial charge >= 0.3 is 5.97 Å². The van der Waals surface area contributed by atoms with E-state index in [2.05, 4.69) is 16.0 Å². The summed E-state index contributed by atoms with van der Waals surface area (Å²) in [7, 11) is 5.73. The second-order valence-corrected chi connectivity index (χ2v) is 18.6. The van der Waals surface area contributed by atoms with Crippen LogP contribution in [0.2, 0.25) is 0 Å². The van der Waals surface area contributed by atoms with Crippen LogP contribution >= 0.6 is 0 Å². The number of carbonyl (C=O) groups is 1. The minimum atomic E-state index is -0.496. The van der Waals surface area contributed by atoms with Crippen molar-refractivity contribution >= 4 is 5.97 Å². The molecule has 5 aliphatic carbocycles. The predicted molar refractivity (Wildman–Crippen MR) is 199 cm³/mol. The molecule has 2 heterocycles. The van der Waals surface area contributed by atoms with Gasteiger partial charge in [-0.15, -0.1) is 0 Å². The number of piperidine rings is 1. The first-order valence-corrected chi connectivity index (χ1v) is 21.2. The van der Waals surface area contributed by atoms with Crippen LogP contribution in [0.5, 0.6) is 0 Å². The third-order valence-corrected chi connectivity index (χ3v) is 15.5. The van der Waals surface area contributed by atoms with Gasteiger partial charge < -0.3 is 50.8 Å². The molecule has 2 aliphatic heterocycles. The van der Waals surface area contributed by atoms with Crippen LogP contribution in [-0.2, 0) is 23.7 Å². The first-order valence-electron chi connectivity index (χ1n) is 21.2. The van der Waals surface area contributed by atoms with Crippen molar-refractivity contribution in [2.24, 2.45) is 64.4 Å². The highest BCUT2D eigenvalue weighted by Crippen LogP contribution is 2.68. The third-order valence-electron chi connectivity index (χ3n) is 15.5. The van der Waals surface area contributed by atoms with E-state index in [1.54, 1.807) is 0 Å². The highest BCUT2D eigenvalue weighted by atomic mass is 16.5. The van der Waals surface area contributed by atoms with Crippen LogP contribution in [0.15, 0.2) is 0 Å². The molecule has 0 aromatic rings. The van der Waals surface area contributed by atoms with Crippen LogP contribution in [0.3, 0.4) is 0 Å². The van der Waals surface area contributed by atoms with Gasteiger partial charge in [-0.2, -0.15) is 0 Å². The van der Waals surface area contributed by atoms with E-state index in [1.807, 2.05) is 21.2 Å². The number of nitrogens with two attached hydrogens (primary N) is 1. The molecule has 7 fully saturated rings. The maximum Gasteiger partial charge on any atom is 0.302 e. The number of ether oxygens (including phenoxy) is 4. The molecule has 7 N–H and O–H groups in total. The van der Waals surface area contributed by atoms with Gasteiger partial charge in [0.05, 0.1) is 55.5 Å². The Balaban J connectivity index is 1.17. The van der Waals surface area contributed by atoms with Gasteiger partial charge in [0.1, 0.15) is 0 Å². The minimum absolute atomic E-state index is 0.0327. The van der Waals surface area contributed by atoms with Gasteiger partial charge in [-0.25, -0.2) is 0 Å². The highest BCUT2D eigenvalue weighted by Gasteiger charge is 2.65. The number of fused-ring (bicyclic) bond motifs is 6. The molecule has 0 amide bonds. The molecule has 11 nitrogen and oxygen atoms in total. The molecule has 0 aromatic carbocycles. The van der Waals surface area contributed by atoms with E-state index in [1.165, 1.54) is 39.0 Å². The fourth-order valence-corrected chi connectivity index (χ4v) is 13.7. The van der Waals surface area contributed by atoms with Crippen molar-refractivity contribution in [1.82, 2.24) is 16.0 Å². The van der Waals surface area contributed by atoms with Gasteiger partial charge in [-0.1, -0.05) is 0 Å². The lowest BCUT2D eigenvalue weighted by atomic mass is 9.45.